The highest BCUT2D eigenvalue weighted by Crippen LogP contribution is 2.35. The summed E-state index contributed by atoms with van der Waals surface area (Å²) in [6.45, 7) is 0. The third kappa shape index (κ3) is 6.32. The molecular formula is C26H24N4O3S. The largest absolute Gasteiger partial charge is 0.481 e. The molecule has 0 aliphatic carbocycles. The van der Waals surface area contributed by atoms with Gasteiger partial charge in [-0.25, -0.2) is 0 Å². The molecule has 2 aromatic carbocycles. The number of carboxylic acid groups (broad SMARTS) is 1. The molecular weight excluding hydrogens is 448 g/mol. The number of benzene rings is 2. The van der Waals surface area contributed by atoms with Crippen molar-refractivity contribution >= 4 is 52.4 Å². The Labute approximate surface area is 201 Å². The van der Waals surface area contributed by atoms with Crippen LogP contribution >= 0.6 is 11.8 Å². The Balaban J connectivity index is 1.43. The van der Waals surface area contributed by atoms with E-state index in [1.807, 2.05) is 72.8 Å². The van der Waals surface area contributed by atoms with E-state index in [0.717, 1.165) is 37.8 Å². The van der Waals surface area contributed by atoms with E-state index in [4.69, 9.17) is 5.11 Å². The second-order valence-electron chi connectivity index (χ2n) is 7.65. The van der Waals surface area contributed by atoms with Gasteiger partial charge in [0.2, 0.25) is 5.91 Å². The highest BCUT2D eigenvalue weighted by molar-refractivity contribution is 7.99. The van der Waals surface area contributed by atoms with Crippen molar-refractivity contribution in [1.29, 1.82) is 0 Å². The molecule has 3 N–H and O–H groups in total. The fourth-order valence-corrected chi connectivity index (χ4v) is 4.35. The summed E-state index contributed by atoms with van der Waals surface area (Å²) in [7, 11) is 0. The molecule has 1 amide bonds. The summed E-state index contributed by atoms with van der Waals surface area (Å²) < 4.78 is 0. The van der Waals surface area contributed by atoms with Gasteiger partial charge in [-0.15, -0.1) is 0 Å². The van der Waals surface area contributed by atoms with Crippen LogP contribution in [0.1, 0.15) is 37.1 Å². The van der Waals surface area contributed by atoms with Gasteiger partial charge >= 0.3 is 5.97 Å². The Morgan fingerprint density at radius 1 is 1.00 bits per heavy atom. The molecule has 0 fully saturated rings. The number of anilines is 1. The molecule has 0 saturated carbocycles. The number of aliphatic carboxylic acids is 1. The Morgan fingerprint density at radius 2 is 1.82 bits per heavy atom. The Morgan fingerprint density at radius 3 is 2.65 bits per heavy atom. The molecule has 0 aliphatic rings. The lowest BCUT2D eigenvalue weighted by Gasteiger charge is -2.11. The number of rotatable bonds is 10. The summed E-state index contributed by atoms with van der Waals surface area (Å²) in [5.41, 5.74) is 3.36. The van der Waals surface area contributed by atoms with Crippen molar-refractivity contribution in [3.05, 3.63) is 78.2 Å². The van der Waals surface area contributed by atoms with Gasteiger partial charge in [0.25, 0.3) is 0 Å². The van der Waals surface area contributed by atoms with E-state index >= 15 is 0 Å². The van der Waals surface area contributed by atoms with Crippen LogP contribution in [0.15, 0.2) is 76.7 Å². The molecule has 8 heteroatoms. The molecule has 7 nitrogen and oxygen atoms in total. The van der Waals surface area contributed by atoms with Gasteiger partial charge in [0.1, 0.15) is 0 Å². The molecule has 2 aromatic heterocycles. The predicted molar refractivity (Wildman–Crippen MR) is 135 cm³/mol. The molecule has 4 rings (SSSR count). The van der Waals surface area contributed by atoms with Gasteiger partial charge in [0.05, 0.1) is 22.6 Å². The van der Waals surface area contributed by atoms with Gasteiger partial charge in [-0.2, -0.15) is 5.10 Å². The lowest BCUT2D eigenvalue weighted by Crippen LogP contribution is -2.12. The van der Waals surface area contributed by atoms with Gasteiger partial charge in [0, 0.05) is 34.2 Å². The van der Waals surface area contributed by atoms with Crippen LogP contribution in [0.5, 0.6) is 0 Å². The van der Waals surface area contributed by atoms with Crippen LogP contribution in [0.4, 0.5) is 5.69 Å². The number of nitrogens with one attached hydrogen (secondary N) is 2. The van der Waals surface area contributed by atoms with E-state index in [1.54, 1.807) is 18.0 Å². The number of aromatic amines is 1. The number of amides is 1. The monoisotopic (exact) mass is 472 g/mol. The maximum absolute atomic E-state index is 12.3. The first-order valence-electron chi connectivity index (χ1n) is 10.9. The van der Waals surface area contributed by atoms with Crippen LogP contribution in [0.2, 0.25) is 0 Å². The number of hydrogen-bond donors (Lipinski definition) is 3. The molecule has 0 spiro atoms. The first-order valence-corrected chi connectivity index (χ1v) is 11.8. The maximum atomic E-state index is 12.3. The normalized spacial score (nSPS) is 11.2. The minimum absolute atomic E-state index is 0.0798. The number of aromatic nitrogens is 3. The highest BCUT2D eigenvalue weighted by Gasteiger charge is 2.10. The number of H-pyrrole nitrogens is 1. The van der Waals surface area contributed by atoms with E-state index in [2.05, 4.69) is 20.5 Å². The van der Waals surface area contributed by atoms with Crippen LogP contribution in [0, 0.1) is 0 Å². The topological polar surface area (TPSA) is 108 Å². The molecule has 0 bridgehead atoms. The molecule has 0 aliphatic heterocycles. The Kier molecular flexibility index (Phi) is 7.72. The second kappa shape index (κ2) is 11.3. The lowest BCUT2D eigenvalue weighted by atomic mass is 10.2. The Bertz CT molecular complexity index is 1320. The number of unbranched alkanes of at least 4 members (excludes halogenated alkanes) is 1. The standard InChI is InChI=1S/C26H24N4O3S/c31-25(10-3-4-11-26(32)33)28-22-8-1-2-9-24(22)34-19-13-14-20-21(29-30-23(20)17-19)15-12-18-7-5-6-16-27-18/h1-2,5-9,12-17H,3-4,10-11H2,(H,28,31)(H,29,30)(H,32,33). The van der Waals surface area contributed by atoms with Gasteiger partial charge in [-0.1, -0.05) is 30.0 Å². The zero-order valence-electron chi connectivity index (χ0n) is 18.4. The molecule has 34 heavy (non-hydrogen) atoms. The molecule has 2 heterocycles. The highest BCUT2D eigenvalue weighted by atomic mass is 32.2. The second-order valence-corrected chi connectivity index (χ2v) is 8.77. The number of carbonyl (C=O) groups is 2. The van der Waals surface area contributed by atoms with Crippen molar-refractivity contribution in [3.8, 4) is 0 Å². The average Bonchev–Trinajstić information content (AvgIpc) is 3.24. The average molecular weight is 473 g/mol. The van der Waals surface area contributed by atoms with Crippen LogP contribution < -0.4 is 5.32 Å². The van der Waals surface area contributed by atoms with Crippen molar-refractivity contribution in [2.24, 2.45) is 0 Å². The van der Waals surface area contributed by atoms with Gasteiger partial charge in [-0.05, 0) is 67.5 Å². The molecule has 0 unspecified atom stereocenters. The maximum Gasteiger partial charge on any atom is 0.303 e. The van der Waals surface area contributed by atoms with E-state index < -0.39 is 5.97 Å². The Hall–Kier alpha value is -3.91. The predicted octanol–water partition coefficient (Wildman–Crippen LogP) is 5.86. The smallest absolute Gasteiger partial charge is 0.303 e. The zero-order valence-corrected chi connectivity index (χ0v) is 19.2. The summed E-state index contributed by atoms with van der Waals surface area (Å²) in [6.07, 6.45) is 7.03. The molecule has 4 aromatic rings. The third-order valence-electron chi connectivity index (χ3n) is 5.10. The fraction of sp³-hybridized carbons (Fsp3) is 0.154. The number of pyridine rings is 1. The van der Waals surface area contributed by atoms with Crippen molar-refractivity contribution < 1.29 is 14.7 Å². The quantitative estimate of drug-likeness (QED) is 0.249. The number of hydrogen-bond acceptors (Lipinski definition) is 5. The molecule has 0 radical (unpaired) electrons. The zero-order chi connectivity index (χ0) is 23.8. The van der Waals surface area contributed by atoms with Crippen molar-refractivity contribution in [1.82, 2.24) is 15.2 Å². The van der Waals surface area contributed by atoms with Crippen molar-refractivity contribution in [2.75, 3.05) is 5.32 Å². The summed E-state index contributed by atoms with van der Waals surface area (Å²) >= 11 is 1.55. The minimum atomic E-state index is -0.840. The first-order chi connectivity index (χ1) is 16.6. The van der Waals surface area contributed by atoms with Gasteiger partial charge in [-0.3, -0.25) is 19.7 Å². The summed E-state index contributed by atoms with van der Waals surface area (Å²) in [6, 6.07) is 19.5. The van der Waals surface area contributed by atoms with E-state index in [-0.39, 0.29) is 12.3 Å². The van der Waals surface area contributed by atoms with Crippen LogP contribution in [0.25, 0.3) is 23.1 Å². The molecule has 0 atom stereocenters. The van der Waals surface area contributed by atoms with E-state index in [9.17, 15) is 9.59 Å². The van der Waals surface area contributed by atoms with Crippen LogP contribution in [-0.2, 0) is 9.59 Å². The number of fused-ring (bicyclic) bond motifs is 1. The fourth-order valence-electron chi connectivity index (χ4n) is 3.41. The van der Waals surface area contributed by atoms with Gasteiger partial charge < -0.3 is 10.4 Å². The molecule has 172 valence electrons. The summed E-state index contributed by atoms with van der Waals surface area (Å²) in [4.78, 5) is 29.2. The number of para-hydroxylation sites is 1. The van der Waals surface area contributed by atoms with Crippen molar-refractivity contribution in [3.63, 3.8) is 0 Å². The molecule has 0 saturated heterocycles. The lowest BCUT2D eigenvalue weighted by molar-refractivity contribution is -0.137. The third-order valence-corrected chi connectivity index (χ3v) is 6.16. The summed E-state index contributed by atoms with van der Waals surface area (Å²) in [5.74, 6) is -0.959. The van der Waals surface area contributed by atoms with E-state index in [1.165, 1.54) is 0 Å². The number of carbonyl (C=O) groups excluding carboxylic acids is 1. The van der Waals surface area contributed by atoms with Crippen LogP contribution in [-0.4, -0.2) is 32.2 Å². The number of carboxylic acids is 1. The van der Waals surface area contributed by atoms with Crippen molar-refractivity contribution in [2.45, 2.75) is 35.5 Å². The minimum Gasteiger partial charge on any atom is -0.481 e. The van der Waals surface area contributed by atoms with E-state index in [0.29, 0.717) is 19.3 Å². The SMILES string of the molecule is O=C(O)CCCCC(=O)Nc1ccccc1Sc1ccc2c(C=Cc3ccccn3)n[nH]c2c1. The van der Waals surface area contributed by atoms with Gasteiger partial charge in [0.15, 0.2) is 0 Å². The first kappa shape index (κ1) is 23.3. The van der Waals surface area contributed by atoms with Crippen LogP contribution in [0.3, 0.4) is 0 Å². The summed E-state index contributed by atoms with van der Waals surface area (Å²) in [5, 5.41) is 20.2. The number of nitrogens with zero attached hydrogens (tertiary/aromatic N) is 2.